The van der Waals surface area contributed by atoms with Crippen LogP contribution >= 0.6 is 7.92 Å². The van der Waals surface area contributed by atoms with Crippen molar-refractivity contribution in [2.45, 2.75) is 52.5 Å². The molecule has 0 spiro atoms. The first kappa shape index (κ1) is 23.7. The van der Waals surface area contributed by atoms with Gasteiger partial charge in [-0.05, 0) is 31.5 Å². The van der Waals surface area contributed by atoms with Gasteiger partial charge in [0.15, 0.2) is 0 Å². The van der Waals surface area contributed by atoms with Crippen LogP contribution in [0.15, 0.2) is 0 Å². The minimum absolute atomic E-state index is 0.439. The quantitative estimate of drug-likeness (QED) is 0.433. The average Bonchev–Trinajstić information content (AvgIpc) is 2.51. The third-order valence-electron chi connectivity index (χ3n) is 3.24. The molecule has 0 aromatic heterocycles. The van der Waals surface area contributed by atoms with Gasteiger partial charge >= 0.3 is 8.80 Å². The summed E-state index contributed by atoms with van der Waals surface area (Å²) in [5, 5.41) is 0. The van der Waals surface area contributed by atoms with Crippen LogP contribution in [0.3, 0.4) is 0 Å². The van der Waals surface area contributed by atoms with Crippen LogP contribution in [0.25, 0.3) is 0 Å². The Morgan fingerprint density at radius 1 is 0.810 bits per heavy atom. The molecule has 21 heavy (non-hydrogen) atoms. The summed E-state index contributed by atoms with van der Waals surface area (Å²) in [5.41, 5.74) is 5.36. The van der Waals surface area contributed by atoms with E-state index in [-0.39, 0.29) is 0 Å². The van der Waals surface area contributed by atoms with Crippen molar-refractivity contribution in [2.24, 2.45) is 5.73 Å². The van der Waals surface area contributed by atoms with E-state index in [0.29, 0.717) is 14.5 Å². The Hall–Kier alpha value is 0.487. The Balaban J connectivity index is 0. The zero-order chi connectivity index (χ0) is 16.6. The third-order valence-corrected chi connectivity index (χ3v) is 9.31. The van der Waals surface area contributed by atoms with Crippen LogP contribution < -0.4 is 5.73 Å². The molecule has 0 amide bonds. The zero-order valence-electron chi connectivity index (χ0n) is 15.1. The highest BCUT2D eigenvalue weighted by Gasteiger charge is 2.36. The van der Waals surface area contributed by atoms with E-state index in [2.05, 4.69) is 20.8 Å². The van der Waals surface area contributed by atoms with E-state index in [1.807, 2.05) is 0 Å². The molecule has 0 aliphatic rings. The number of nitrogens with two attached hydrogens (primary N) is 1. The molecule has 0 rings (SSSR count). The molecule has 0 aromatic rings. The Bertz CT molecular complexity index is 185. The third kappa shape index (κ3) is 12.7. The van der Waals surface area contributed by atoms with Crippen molar-refractivity contribution in [1.82, 2.24) is 0 Å². The maximum Gasteiger partial charge on any atom is 0.500 e. The van der Waals surface area contributed by atoms with E-state index in [9.17, 15) is 0 Å². The molecule has 130 valence electrons. The summed E-state index contributed by atoms with van der Waals surface area (Å²) < 4.78 is 15.5. The van der Waals surface area contributed by atoms with Crippen LogP contribution in [0, 0.1) is 0 Å². The van der Waals surface area contributed by atoms with E-state index in [1.165, 1.54) is 37.7 Å². The Kier molecular flexibility index (Phi) is 19.1. The first-order valence-electron chi connectivity index (χ1n) is 8.17. The summed E-state index contributed by atoms with van der Waals surface area (Å²) in [6.45, 7) is 7.56. The lowest BCUT2D eigenvalue weighted by atomic mass is 10.5. The van der Waals surface area contributed by atoms with Crippen LogP contribution in [-0.2, 0) is 13.3 Å². The van der Waals surface area contributed by atoms with Crippen LogP contribution in [0.4, 0.5) is 0 Å². The van der Waals surface area contributed by atoms with E-state index < -0.39 is 8.80 Å². The van der Waals surface area contributed by atoms with Gasteiger partial charge in [-0.15, -0.1) is 7.92 Å². The maximum atomic E-state index is 5.36. The standard InChI is InChI=1S/C9H21P.C6H17NO3Si/c1-4-7-10(8-5-2)9-6-3;1-8-11(9-2,10-3)6-4-5-7/h4-9H2,1-3H3;4-7H2,1-3H3. The van der Waals surface area contributed by atoms with Crippen molar-refractivity contribution in [3.05, 3.63) is 0 Å². The highest BCUT2D eigenvalue weighted by molar-refractivity contribution is 7.57. The molecule has 0 radical (unpaired) electrons. The van der Waals surface area contributed by atoms with Crippen LogP contribution in [0.1, 0.15) is 46.5 Å². The summed E-state index contributed by atoms with van der Waals surface area (Å²) in [6, 6.07) is 0.785. The molecule has 0 saturated carbocycles. The summed E-state index contributed by atoms with van der Waals surface area (Å²) in [5.74, 6) is 0. The lowest BCUT2D eigenvalue weighted by Crippen LogP contribution is -2.42. The summed E-state index contributed by atoms with van der Waals surface area (Å²) in [6.07, 6.45) is 9.59. The SMILES string of the molecule is CCCP(CCC)CCC.CO[Si](CCCN)(OC)OC. The fourth-order valence-corrected chi connectivity index (χ4v) is 6.48. The second-order valence-corrected chi connectivity index (χ2v) is 10.8. The molecule has 4 nitrogen and oxygen atoms in total. The predicted molar refractivity (Wildman–Crippen MR) is 97.7 cm³/mol. The molecule has 0 aromatic carbocycles. The van der Waals surface area contributed by atoms with Gasteiger partial charge in [0.05, 0.1) is 0 Å². The number of rotatable bonds is 12. The minimum atomic E-state index is -2.32. The smallest absolute Gasteiger partial charge is 0.377 e. The second kappa shape index (κ2) is 16.9. The van der Waals surface area contributed by atoms with Gasteiger partial charge < -0.3 is 19.0 Å². The van der Waals surface area contributed by atoms with Crippen molar-refractivity contribution in [3.8, 4) is 0 Å². The average molecular weight is 340 g/mol. The van der Waals surface area contributed by atoms with Gasteiger partial charge in [-0.3, -0.25) is 0 Å². The fourth-order valence-electron chi connectivity index (χ4n) is 2.16. The van der Waals surface area contributed by atoms with Gasteiger partial charge in [0, 0.05) is 27.4 Å². The number of hydrogen-bond acceptors (Lipinski definition) is 4. The van der Waals surface area contributed by atoms with Crippen LogP contribution in [0.5, 0.6) is 0 Å². The summed E-state index contributed by atoms with van der Waals surface area (Å²) >= 11 is 0. The van der Waals surface area contributed by atoms with Crippen molar-refractivity contribution in [2.75, 3.05) is 46.4 Å². The van der Waals surface area contributed by atoms with E-state index in [1.54, 1.807) is 21.3 Å². The zero-order valence-corrected chi connectivity index (χ0v) is 17.0. The second-order valence-electron chi connectivity index (χ2n) is 5.03. The van der Waals surface area contributed by atoms with Crippen molar-refractivity contribution >= 4 is 16.7 Å². The normalized spacial score (nSPS) is 11.4. The van der Waals surface area contributed by atoms with Gasteiger partial charge in [-0.25, -0.2) is 0 Å². The molecule has 0 heterocycles. The predicted octanol–water partition coefficient (Wildman–Crippen LogP) is 3.91. The van der Waals surface area contributed by atoms with Crippen LogP contribution in [0.2, 0.25) is 6.04 Å². The lowest BCUT2D eigenvalue weighted by molar-refractivity contribution is 0.123. The summed E-state index contributed by atoms with van der Waals surface area (Å²) in [4.78, 5) is 0. The Morgan fingerprint density at radius 3 is 1.43 bits per heavy atom. The molecule has 0 atom stereocenters. The lowest BCUT2D eigenvalue weighted by Gasteiger charge is -2.23. The first-order chi connectivity index (χ1) is 10.1. The van der Waals surface area contributed by atoms with Gasteiger partial charge in [0.25, 0.3) is 0 Å². The molecule has 0 aliphatic carbocycles. The van der Waals surface area contributed by atoms with Crippen molar-refractivity contribution in [1.29, 1.82) is 0 Å². The Labute approximate surface area is 135 Å². The molecule has 2 N–H and O–H groups in total. The maximum absolute atomic E-state index is 5.36. The highest BCUT2D eigenvalue weighted by Crippen LogP contribution is 2.37. The number of hydrogen-bond donors (Lipinski definition) is 1. The van der Waals surface area contributed by atoms with Crippen LogP contribution in [-0.4, -0.2) is 55.2 Å². The summed E-state index contributed by atoms with van der Waals surface area (Å²) in [7, 11) is 2.94. The molecule has 0 saturated heterocycles. The van der Waals surface area contributed by atoms with Gasteiger partial charge in [0.1, 0.15) is 0 Å². The molecule has 0 unspecified atom stereocenters. The molecule has 0 bridgehead atoms. The van der Waals surface area contributed by atoms with Crippen molar-refractivity contribution < 1.29 is 13.3 Å². The molecule has 6 heteroatoms. The molecule has 0 fully saturated rings. The molecule has 0 aliphatic heterocycles. The monoisotopic (exact) mass is 339 g/mol. The Morgan fingerprint density at radius 2 is 1.19 bits per heavy atom. The fraction of sp³-hybridized carbons (Fsp3) is 1.00. The van der Waals surface area contributed by atoms with Gasteiger partial charge in [-0.1, -0.05) is 40.0 Å². The van der Waals surface area contributed by atoms with E-state index >= 15 is 0 Å². The topological polar surface area (TPSA) is 53.7 Å². The first-order valence-corrected chi connectivity index (χ1v) is 12.0. The highest BCUT2D eigenvalue weighted by atomic mass is 31.1. The van der Waals surface area contributed by atoms with Crippen molar-refractivity contribution in [3.63, 3.8) is 0 Å². The van der Waals surface area contributed by atoms with Gasteiger partial charge in [0.2, 0.25) is 0 Å². The molecular weight excluding hydrogens is 301 g/mol. The largest absolute Gasteiger partial charge is 0.500 e. The van der Waals surface area contributed by atoms with E-state index in [0.717, 1.165) is 12.5 Å². The molecular formula is C15H38NO3PSi. The van der Waals surface area contributed by atoms with E-state index in [4.69, 9.17) is 19.0 Å². The van der Waals surface area contributed by atoms with Gasteiger partial charge in [-0.2, -0.15) is 0 Å². The minimum Gasteiger partial charge on any atom is -0.377 e.